The normalized spacial score (nSPS) is 12.6. The lowest BCUT2D eigenvalue weighted by Gasteiger charge is -2.10. The van der Waals surface area contributed by atoms with E-state index in [1.54, 1.807) is 7.11 Å². The molecule has 0 radical (unpaired) electrons. The largest absolute Gasteiger partial charge is 0.480 e. The molecule has 1 unspecified atom stereocenters. The first kappa shape index (κ1) is 10.3. The van der Waals surface area contributed by atoms with Crippen LogP contribution in [0, 0.1) is 0 Å². The van der Waals surface area contributed by atoms with Crippen LogP contribution in [0.3, 0.4) is 0 Å². The van der Waals surface area contributed by atoms with Gasteiger partial charge >= 0.3 is 0 Å². The second-order valence-electron chi connectivity index (χ2n) is 2.94. The highest BCUT2D eigenvalue weighted by Gasteiger charge is 2.10. The third-order valence-electron chi connectivity index (χ3n) is 2.11. The molecule has 0 aliphatic heterocycles. The van der Waals surface area contributed by atoms with E-state index >= 15 is 0 Å². The number of nitrogens with zero attached hydrogens (tertiary/aromatic N) is 2. The SMILES string of the molecule is CCC(C)c1cc(OC)nnc1Cl. The topological polar surface area (TPSA) is 35.0 Å². The zero-order valence-electron chi connectivity index (χ0n) is 8.04. The predicted molar refractivity (Wildman–Crippen MR) is 52.3 cm³/mol. The Kier molecular flexibility index (Phi) is 3.48. The van der Waals surface area contributed by atoms with Crippen molar-refractivity contribution in [2.45, 2.75) is 26.2 Å². The smallest absolute Gasteiger partial charge is 0.233 e. The van der Waals surface area contributed by atoms with Gasteiger partial charge in [-0.3, -0.25) is 0 Å². The van der Waals surface area contributed by atoms with Gasteiger partial charge in [0.25, 0.3) is 0 Å². The minimum absolute atomic E-state index is 0.386. The quantitative estimate of drug-likeness (QED) is 0.753. The molecule has 72 valence electrons. The minimum atomic E-state index is 0.386. The van der Waals surface area contributed by atoms with Gasteiger partial charge in [0, 0.05) is 6.07 Å². The summed E-state index contributed by atoms with van der Waals surface area (Å²) in [6.45, 7) is 4.20. The van der Waals surface area contributed by atoms with E-state index in [4.69, 9.17) is 16.3 Å². The van der Waals surface area contributed by atoms with Crippen LogP contribution in [0.1, 0.15) is 31.7 Å². The van der Waals surface area contributed by atoms with E-state index < -0.39 is 0 Å². The highest BCUT2D eigenvalue weighted by molar-refractivity contribution is 6.30. The maximum absolute atomic E-state index is 5.90. The molecule has 1 heterocycles. The fourth-order valence-electron chi connectivity index (χ4n) is 1.04. The van der Waals surface area contributed by atoms with E-state index in [0.717, 1.165) is 12.0 Å². The lowest BCUT2D eigenvalue weighted by molar-refractivity contribution is 0.390. The maximum Gasteiger partial charge on any atom is 0.233 e. The van der Waals surface area contributed by atoms with Crippen LogP contribution in [0.4, 0.5) is 0 Å². The lowest BCUT2D eigenvalue weighted by atomic mass is 10.0. The molecule has 4 heteroatoms. The van der Waals surface area contributed by atoms with Crippen molar-refractivity contribution in [2.24, 2.45) is 0 Å². The van der Waals surface area contributed by atoms with Crippen molar-refractivity contribution in [1.29, 1.82) is 0 Å². The van der Waals surface area contributed by atoms with Gasteiger partial charge in [-0.1, -0.05) is 25.4 Å². The van der Waals surface area contributed by atoms with E-state index in [-0.39, 0.29) is 0 Å². The molecule has 0 aromatic carbocycles. The van der Waals surface area contributed by atoms with Crippen LogP contribution < -0.4 is 4.74 Å². The summed E-state index contributed by atoms with van der Waals surface area (Å²) in [6.07, 6.45) is 1.02. The van der Waals surface area contributed by atoms with Crippen LogP contribution in [0.25, 0.3) is 0 Å². The third kappa shape index (κ3) is 2.31. The molecule has 0 amide bonds. The zero-order valence-corrected chi connectivity index (χ0v) is 8.80. The molecule has 0 bridgehead atoms. The molecule has 1 atom stereocenters. The fraction of sp³-hybridized carbons (Fsp3) is 0.556. The van der Waals surface area contributed by atoms with Gasteiger partial charge < -0.3 is 4.74 Å². The fourth-order valence-corrected chi connectivity index (χ4v) is 1.32. The van der Waals surface area contributed by atoms with Crippen molar-refractivity contribution < 1.29 is 4.74 Å². The van der Waals surface area contributed by atoms with Gasteiger partial charge in [-0.25, -0.2) is 0 Å². The molecular weight excluding hydrogens is 188 g/mol. The van der Waals surface area contributed by atoms with Crippen molar-refractivity contribution in [3.63, 3.8) is 0 Å². The number of ether oxygens (including phenoxy) is 1. The van der Waals surface area contributed by atoms with E-state index in [0.29, 0.717) is 17.0 Å². The number of methoxy groups -OCH3 is 1. The maximum atomic E-state index is 5.90. The molecule has 1 rings (SSSR count). The lowest BCUT2D eigenvalue weighted by Crippen LogP contribution is -1.99. The number of rotatable bonds is 3. The van der Waals surface area contributed by atoms with Crippen molar-refractivity contribution in [2.75, 3.05) is 7.11 Å². The average molecular weight is 201 g/mol. The van der Waals surface area contributed by atoms with E-state index in [2.05, 4.69) is 24.0 Å². The van der Waals surface area contributed by atoms with Crippen LogP contribution in [-0.2, 0) is 0 Å². The van der Waals surface area contributed by atoms with Gasteiger partial charge in [-0.05, 0) is 17.9 Å². The van der Waals surface area contributed by atoms with Crippen LogP contribution in [0.15, 0.2) is 6.07 Å². The van der Waals surface area contributed by atoms with Gasteiger partial charge in [0.1, 0.15) is 0 Å². The van der Waals surface area contributed by atoms with Crippen molar-refractivity contribution in [1.82, 2.24) is 10.2 Å². The summed E-state index contributed by atoms with van der Waals surface area (Å²) >= 11 is 5.90. The summed E-state index contributed by atoms with van der Waals surface area (Å²) in [5, 5.41) is 8.05. The highest BCUT2D eigenvalue weighted by Crippen LogP contribution is 2.26. The zero-order chi connectivity index (χ0) is 9.84. The van der Waals surface area contributed by atoms with E-state index in [1.165, 1.54) is 0 Å². The summed E-state index contributed by atoms with van der Waals surface area (Å²) in [5.74, 6) is 0.900. The summed E-state index contributed by atoms with van der Waals surface area (Å²) in [4.78, 5) is 0. The van der Waals surface area contributed by atoms with E-state index in [1.807, 2.05) is 6.07 Å². The Hall–Kier alpha value is -0.830. The summed E-state index contributed by atoms with van der Waals surface area (Å²) < 4.78 is 4.97. The summed E-state index contributed by atoms with van der Waals surface area (Å²) in [7, 11) is 1.57. The average Bonchev–Trinajstić information content (AvgIpc) is 2.17. The molecule has 1 aromatic rings. The van der Waals surface area contributed by atoms with Gasteiger partial charge in [0.05, 0.1) is 7.11 Å². The first-order valence-corrected chi connectivity index (χ1v) is 4.64. The second-order valence-corrected chi connectivity index (χ2v) is 3.30. The molecule has 0 aliphatic carbocycles. The molecule has 0 N–H and O–H groups in total. The Balaban J connectivity index is 3.03. The Bertz CT molecular complexity index is 291. The molecule has 0 fully saturated rings. The van der Waals surface area contributed by atoms with Gasteiger partial charge in [-0.15, -0.1) is 10.2 Å². The monoisotopic (exact) mass is 200 g/mol. The molecule has 0 aliphatic rings. The van der Waals surface area contributed by atoms with Gasteiger partial charge in [-0.2, -0.15) is 0 Å². The van der Waals surface area contributed by atoms with Crippen LogP contribution in [0.5, 0.6) is 5.88 Å². The van der Waals surface area contributed by atoms with E-state index in [9.17, 15) is 0 Å². The highest BCUT2D eigenvalue weighted by atomic mass is 35.5. The number of halogens is 1. The Morgan fingerprint density at radius 2 is 2.23 bits per heavy atom. The molecule has 1 aromatic heterocycles. The number of aromatic nitrogens is 2. The minimum Gasteiger partial charge on any atom is -0.480 e. The van der Waals surface area contributed by atoms with Gasteiger partial charge in [0.15, 0.2) is 5.15 Å². The molecule has 3 nitrogen and oxygen atoms in total. The second kappa shape index (κ2) is 4.42. The van der Waals surface area contributed by atoms with Crippen molar-refractivity contribution in [3.05, 3.63) is 16.8 Å². The standard InChI is InChI=1S/C9H13ClN2O/c1-4-6(2)7-5-8(13-3)11-12-9(7)10/h5-6H,4H2,1-3H3. The molecule has 0 spiro atoms. The van der Waals surface area contributed by atoms with Gasteiger partial charge in [0.2, 0.25) is 5.88 Å². The first-order chi connectivity index (χ1) is 6.19. The summed E-state index contributed by atoms with van der Waals surface area (Å²) in [6, 6.07) is 1.84. The number of hydrogen-bond donors (Lipinski definition) is 0. The predicted octanol–water partition coefficient (Wildman–Crippen LogP) is 2.65. The van der Waals surface area contributed by atoms with Crippen molar-refractivity contribution >= 4 is 11.6 Å². The Morgan fingerprint density at radius 3 is 2.77 bits per heavy atom. The number of hydrogen-bond acceptors (Lipinski definition) is 3. The Morgan fingerprint density at radius 1 is 1.54 bits per heavy atom. The van der Waals surface area contributed by atoms with Crippen LogP contribution in [0.2, 0.25) is 5.15 Å². The first-order valence-electron chi connectivity index (χ1n) is 4.26. The molecule has 0 saturated heterocycles. The van der Waals surface area contributed by atoms with Crippen LogP contribution in [-0.4, -0.2) is 17.3 Å². The Labute approximate surface area is 83.1 Å². The molecule has 0 saturated carbocycles. The third-order valence-corrected chi connectivity index (χ3v) is 2.40. The molecule has 13 heavy (non-hydrogen) atoms. The molecular formula is C9H13ClN2O. The summed E-state index contributed by atoms with van der Waals surface area (Å²) in [5.41, 5.74) is 0.996. The van der Waals surface area contributed by atoms with Crippen LogP contribution >= 0.6 is 11.6 Å². The van der Waals surface area contributed by atoms with Crippen molar-refractivity contribution in [3.8, 4) is 5.88 Å².